The number of hydrogen-bond acceptors (Lipinski definition) is 8. The van der Waals surface area contributed by atoms with Crippen LogP contribution in [0.3, 0.4) is 0 Å². The fraction of sp³-hybridized carbons (Fsp3) is 0.190. The van der Waals surface area contributed by atoms with Crippen molar-refractivity contribution in [3.63, 3.8) is 0 Å². The highest BCUT2D eigenvalue weighted by Gasteiger charge is 2.17. The lowest BCUT2D eigenvalue weighted by Crippen LogP contribution is -2.23. The molecule has 0 aliphatic rings. The smallest absolute Gasteiger partial charge is 0.251 e. The fourth-order valence-electron chi connectivity index (χ4n) is 3.20. The minimum atomic E-state index is -0.321. The summed E-state index contributed by atoms with van der Waals surface area (Å²) in [6.07, 6.45) is 1.53. The molecular formula is C21H20BrN5O5. The molecule has 3 heterocycles. The van der Waals surface area contributed by atoms with Crippen LogP contribution >= 0.6 is 15.9 Å². The molecule has 0 fully saturated rings. The molecule has 1 aromatic carbocycles. The SMILES string of the molecule is COc1cc(CNC(=O)c2cc(N)n3nc(-c4cc(Br)co4)nc3c2)cc(OC)c1OC. The highest BCUT2D eigenvalue weighted by Crippen LogP contribution is 2.38. The van der Waals surface area contributed by atoms with E-state index in [4.69, 9.17) is 24.4 Å². The van der Waals surface area contributed by atoms with Gasteiger partial charge in [0.05, 0.1) is 25.8 Å². The van der Waals surface area contributed by atoms with E-state index in [1.54, 1.807) is 24.3 Å². The van der Waals surface area contributed by atoms with Gasteiger partial charge >= 0.3 is 0 Å². The second kappa shape index (κ2) is 8.79. The maximum atomic E-state index is 12.8. The standard InChI is InChI=1S/C21H20BrN5O5/c1-29-14-4-11(5-15(30-2)19(14)31-3)9-24-21(28)12-6-17(23)27-18(7-12)25-20(26-27)16-8-13(22)10-32-16/h4-8,10H,9,23H2,1-3H3,(H,24,28). The maximum absolute atomic E-state index is 12.8. The lowest BCUT2D eigenvalue weighted by atomic mass is 10.1. The van der Waals surface area contributed by atoms with Gasteiger partial charge in [-0.2, -0.15) is 4.52 Å². The zero-order valence-corrected chi connectivity index (χ0v) is 19.1. The predicted octanol–water partition coefficient (Wildman–Crippen LogP) is 3.29. The van der Waals surface area contributed by atoms with Crippen molar-refractivity contribution in [2.45, 2.75) is 6.54 Å². The number of nitrogens with one attached hydrogen (secondary N) is 1. The molecule has 0 spiro atoms. The van der Waals surface area contributed by atoms with Crippen molar-refractivity contribution in [2.24, 2.45) is 0 Å². The minimum absolute atomic E-state index is 0.235. The summed E-state index contributed by atoms with van der Waals surface area (Å²) in [6, 6.07) is 8.43. The summed E-state index contributed by atoms with van der Waals surface area (Å²) >= 11 is 3.32. The summed E-state index contributed by atoms with van der Waals surface area (Å²) < 4.78 is 23.6. The summed E-state index contributed by atoms with van der Waals surface area (Å²) in [7, 11) is 4.60. The van der Waals surface area contributed by atoms with Crippen molar-refractivity contribution in [3.05, 3.63) is 52.2 Å². The molecule has 166 valence electrons. The molecule has 3 aromatic heterocycles. The van der Waals surface area contributed by atoms with E-state index < -0.39 is 0 Å². The van der Waals surface area contributed by atoms with E-state index in [2.05, 4.69) is 31.3 Å². The van der Waals surface area contributed by atoms with Crippen LogP contribution in [0.2, 0.25) is 0 Å². The van der Waals surface area contributed by atoms with Crippen LogP contribution in [0.1, 0.15) is 15.9 Å². The molecule has 0 aliphatic carbocycles. The average Bonchev–Trinajstić information content (AvgIpc) is 3.42. The Morgan fingerprint density at radius 3 is 2.44 bits per heavy atom. The van der Waals surface area contributed by atoms with Gasteiger partial charge in [0.1, 0.15) is 12.1 Å². The van der Waals surface area contributed by atoms with Crippen LogP contribution in [-0.2, 0) is 6.54 Å². The van der Waals surface area contributed by atoms with E-state index in [1.807, 2.05) is 0 Å². The molecule has 4 aromatic rings. The number of nitrogen functional groups attached to an aromatic ring is 1. The number of methoxy groups -OCH3 is 3. The van der Waals surface area contributed by atoms with Crippen molar-refractivity contribution < 1.29 is 23.4 Å². The van der Waals surface area contributed by atoms with Gasteiger partial charge in [-0.05, 0) is 45.8 Å². The van der Waals surface area contributed by atoms with Gasteiger partial charge in [0.15, 0.2) is 22.9 Å². The number of ether oxygens (including phenoxy) is 3. The first-order chi connectivity index (χ1) is 15.4. The van der Waals surface area contributed by atoms with E-state index in [0.717, 1.165) is 10.0 Å². The summed E-state index contributed by atoms with van der Waals surface area (Å²) in [4.78, 5) is 17.2. The first kappa shape index (κ1) is 21.5. The van der Waals surface area contributed by atoms with Gasteiger partial charge in [-0.3, -0.25) is 4.79 Å². The zero-order valence-electron chi connectivity index (χ0n) is 17.5. The Morgan fingerprint density at radius 1 is 1.12 bits per heavy atom. The quantitative estimate of drug-likeness (QED) is 0.395. The summed E-state index contributed by atoms with van der Waals surface area (Å²) in [5, 5.41) is 7.20. The number of nitrogens with zero attached hydrogens (tertiary/aromatic N) is 3. The second-order valence-electron chi connectivity index (χ2n) is 6.72. The highest BCUT2D eigenvalue weighted by atomic mass is 79.9. The van der Waals surface area contributed by atoms with Gasteiger partial charge in [-0.25, -0.2) is 4.98 Å². The number of amides is 1. The molecule has 1 amide bonds. The van der Waals surface area contributed by atoms with Gasteiger partial charge in [0, 0.05) is 18.2 Å². The molecule has 0 radical (unpaired) electrons. The number of anilines is 1. The Hall–Kier alpha value is -3.73. The number of rotatable bonds is 7. The molecule has 11 heteroatoms. The number of furan rings is 1. The normalized spacial score (nSPS) is 10.9. The number of fused-ring (bicyclic) bond motifs is 1. The second-order valence-corrected chi connectivity index (χ2v) is 7.64. The number of pyridine rings is 1. The molecular weight excluding hydrogens is 482 g/mol. The van der Waals surface area contributed by atoms with E-state index in [1.165, 1.54) is 38.2 Å². The lowest BCUT2D eigenvalue weighted by Gasteiger charge is -2.14. The number of carbonyl (C=O) groups is 1. The molecule has 10 nitrogen and oxygen atoms in total. The van der Waals surface area contributed by atoms with Gasteiger partial charge in [-0.15, -0.1) is 5.10 Å². The van der Waals surface area contributed by atoms with Crippen molar-refractivity contribution in [3.8, 4) is 28.8 Å². The van der Waals surface area contributed by atoms with Crippen LogP contribution < -0.4 is 25.3 Å². The first-order valence-corrected chi connectivity index (χ1v) is 10.2. The minimum Gasteiger partial charge on any atom is -0.493 e. The Morgan fingerprint density at radius 2 is 1.84 bits per heavy atom. The van der Waals surface area contributed by atoms with Crippen molar-refractivity contribution in [2.75, 3.05) is 27.1 Å². The summed E-state index contributed by atoms with van der Waals surface area (Å²) in [5.74, 6) is 2.27. The van der Waals surface area contributed by atoms with E-state index in [9.17, 15) is 4.79 Å². The van der Waals surface area contributed by atoms with Crippen LogP contribution in [0.15, 0.2) is 45.5 Å². The predicted molar refractivity (Wildman–Crippen MR) is 120 cm³/mol. The lowest BCUT2D eigenvalue weighted by molar-refractivity contribution is 0.0951. The monoisotopic (exact) mass is 501 g/mol. The first-order valence-electron chi connectivity index (χ1n) is 9.41. The van der Waals surface area contributed by atoms with E-state index in [0.29, 0.717) is 40.0 Å². The zero-order chi connectivity index (χ0) is 22.8. The molecule has 0 saturated heterocycles. The number of nitrogens with two attached hydrogens (primary N) is 1. The number of aromatic nitrogens is 3. The summed E-state index contributed by atoms with van der Waals surface area (Å²) in [5.41, 5.74) is 7.64. The van der Waals surface area contributed by atoms with Crippen LogP contribution in [0, 0.1) is 0 Å². The molecule has 3 N–H and O–H groups in total. The van der Waals surface area contributed by atoms with Gasteiger partial charge in [0.2, 0.25) is 11.6 Å². The third kappa shape index (κ3) is 4.06. The Labute approximate surface area is 191 Å². The number of carbonyl (C=O) groups excluding carboxylic acids is 1. The molecule has 32 heavy (non-hydrogen) atoms. The van der Waals surface area contributed by atoms with Crippen molar-refractivity contribution in [1.29, 1.82) is 0 Å². The summed E-state index contributed by atoms with van der Waals surface area (Å²) in [6.45, 7) is 0.235. The Balaban J connectivity index is 1.56. The van der Waals surface area contributed by atoms with Gasteiger partial charge in [0.25, 0.3) is 5.91 Å². The molecule has 0 bridgehead atoms. The van der Waals surface area contributed by atoms with Crippen LogP contribution in [0.5, 0.6) is 17.2 Å². The van der Waals surface area contributed by atoms with Crippen LogP contribution in [0.25, 0.3) is 17.2 Å². The highest BCUT2D eigenvalue weighted by molar-refractivity contribution is 9.10. The number of benzene rings is 1. The number of hydrogen-bond donors (Lipinski definition) is 2. The van der Waals surface area contributed by atoms with Crippen LogP contribution in [0.4, 0.5) is 5.82 Å². The molecule has 4 rings (SSSR count). The Bertz CT molecular complexity index is 1270. The molecule has 0 aliphatic heterocycles. The third-order valence-electron chi connectivity index (χ3n) is 4.69. The van der Waals surface area contributed by atoms with Crippen molar-refractivity contribution >= 4 is 33.3 Å². The van der Waals surface area contributed by atoms with E-state index in [-0.39, 0.29) is 18.3 Å². The van der Waals surface area contributed by atoms with Gasteiger partial charge < -0.3 is 29.7 Å². The van der Waals surface area contributed by atoms with Crippen molar-refractivity contribution in [1.82, 2.24) is 19.9 Å². The fourth-order valence-corrected chi connectivity index (χ4v) is 3.50. The molecule has 0 saturated carbocycles. The van der Waals surface area contributed by atoms with Crippen LogP contribution in [-0.4, -0.2) is 41.8 Å². The largest absolute Gasteiger partial charge is 0.493 e. The van der Waals surface area contributed by atoms with E-state index >= 15 is 0 Å². The average molecular weight is 502 g/mol. The van der Waals surface area contributed by atoms with Gasteiger partial charge in [-0.1, -0.05) is 0 Å². The maximum Gasteiger partial charge on any atom is 0.251 e. The molecule has 0 atom stereocenters. The molecule has 0 unspecified atom stereocenters. The third-order valence-corrected chi connectivity index (χ3v) is 5.11. The Kier molecular flexibility index (Phi) is 5.91. The topological polar surface area (TPSA) is 126 Å². The number of halogens is 1.